The Balaban J connectivity index is 1.34. The van der Waals surface area contributed by atoms with Gasteiger partial charge in [0.05, 0.1) is 10.9 Å². The van der Waals surface area contributed by atoms with Crippen molar-refractivity contribution in [2.75, 3.05) is 19.6 Å². The highest BCUT2D eigenvalue weighted by atomic mass is 35.5. The number of ether oxygens (including phenoxy) is 1. The summed E-state index contributed by atoms with van der Waals surface area (Å²) in [6.45, 7) is 8.65. The zero-order valence-electron chi connectivity index (χ0n) is 23.9. The molecule has 1 unspecified atom stereocenters. The van der Waals surface area contributed by atoms with Crippen LogP contribution in [0.3, 0.4) is 0 Å². The Bertz CT molecular complexity index is 1470. The molecule has 1 amide bonds. The summed E-state index contributed by atoms with van der Waals surface area (Å²) in [6.07, 6.45) is 1.92. The number of amides is 1. The fourth-order valence-corrected chi connectivity index (χ4v) is 8.15. The molecule has 222 valence electrons. The lowest BCUT2D eigenvalue weighted by Gasteiger charge is -2.47. The summed E-state index contributed by atoms with van der Waals surface area (Å²) in [6, 6.07) is 7.94. The van der Waals surface area contributed by atoms with Crippen molar-refractivity contribution in [3.05, 3.63) is 41.4 Å². The Morgan fingerprint density at radius 2 is 1.73 bits per heavy atom. The molecule has 0 spiro atoms. The van der Waals surface area contributed by atoms with Crippen molar-refractivity contribution in [1.82, 2.24) is 14.9 Å². The summed E-state index contributed by atoms with van der Waals surface area (Å²) < 4.78 is 34.8. The summed E-state index contributed by atoms with van der Waals surface area (Å²) in [7, 11) is -4.02. The first-order valence-electron chi connectivity index (χ1n) is 14.2. The van der Waals surface area contributed by atoms with Crippen LogP contribution < -0.4 is 10.0 Å². The molecule has 2 aromatic carbocycles. The Morgan fingerprint density at radius 1 is 1.10 bits per heavy atom. The predicted octanol–water partition coefficient (Wildman–Crippen LogP) is 3.68. The quantitative estimate of drug-likeness (QED) is 0.366. The smallest absolute Gasteiger partial charge is 0.320 e. The van der Waals surface area contributed by atoms with Crippen molar-refractivity contribution in [3.63, 3.8) is 0 Å². The molecule has 3 fully saturated rings. The SMILES string of the molecule is C[C@@H](C(=O)C1(C(=O)OC(C)(C)C)C[C@@H]2CNC[C@@H](C2)C1)N1CC[C@H](NS(=O)(=O)c2ccc3cc(Cl)ccc3c2)C1=O. The summed E-state index contributed by atoms with van der Waals surface area (Å²) in [5, 5.41) is 5.45. The van der Waals surface area contributed by atoms with E-state index in [9.17, 15) is 22.8 Å². The van der Waals surface area contributed by atoms with Gasteiger partial charge in [0.2, 0.25) is 15.9 Å². The molecule has 41 heavy (non-hydrogen) atoms. The number of carbonyl (C=O) groups excluding carboxylic acids is 3. The normalized spacial score (nSPS) is 27.6. The van der Waals surface area contributed by atoms with Gasteiger partial charge in [-0.05, 0) is 113 Å². The molecule has 0 radical (unpaired) electrons. The zero-order chi connectivity index (χ0) is 29.7. The van der Waals surface area contributed by atoms with E-state index in [4.69, 9.17) is 16.3 Å². The van der Waals surface area contributed by atoms with Crippen molar-refractivity contribution in [3.8, 4) is 0 Å². The van der Waals surface area contributed by atoms with Gasteiger partial charge >= 0.3 is 5.97 Å². The van der Waals surface area contributed by atoms with E-state index < -0.39 is 45.0 Å². The number of nitrogens with zero attached hydrogens (tertiary/aromatic N) is 1. The second-order valence-corrected chi connectivity index (χ2v) is 15.0. The molecule has 2 heterocycles. The average molecular weight is 604 g/mol. The zero-order valence-corrected chi connectivity index (χ0v) is 25.5. The van der Waals surface area contributed by atoms with Crippen LogP contribution in [0, 0.1) is 17.3 Å². The second-order valence-electron chi connectivity index (χ2n) is 12.8. The minimum atomic E-state index is -4.02. The van der Waals surface area contributed by atoms with Crippen LogP contribution in [-0.2, 0) is 29.1 Å². The fraction of sp³-hybridized carbons (Fsp3) is 0.567. The van der Waals surface area contributed by atoms with Crippen LogP contribution in [0.15, 0.2) is 41.3 Å². The van der Waals surface area contributed by atoms with Gasteiger partial charge in [-0.3, -0.25) is 14.4 Å². The highest BCUT2D eigenvalue weighted by Crippen LogP contribution is 2.47. The van der Waals surface area contributed by atoms with Crippen molar-refractivity contribution >= 4 is 50.1 Å². The Labute approximate surface area is 246 Å². The van der Waals surface area contributed by atoms with E-state index in [-0.39, 0.29) is 35.5 Å². The number of ketones is 1. The summed E-state index contributed by atoms with van der Waals surface area (Å²) in [4.78, 5) is 42.8. The van der Waals surface area contributed by atoms with Crippen LogP contribution in [0.4, 0.5) is 0 Å². The number of rotatable bonds is 7. The number of Topliss-reactive ketones (excluding diaryl/α,β-unsaturated/α-hetero) is 1. The van der Waals surface area contributed by atoms with Gasteiger partial charge in [0.25, 0.3) is 0 Å². The average Bonchev–Trinajstić information content (AvgIpc) is 3.25. The Hall–Kier alpha value is -2.53. The number of hydrogen-bond acceptors (Lipinski definition) is 7. The highest BCUT2D eigenvalue weighted by Gasteiger charge is 2.56. The molecule has 1 aliphatic carbocycles. The number of nitrogens with one attached hydrogen (secondary N) is 2. The number of piperidine rings is 1. The number of sulfonamides is 1. The molecule has 1 saturated carbocycles. The van der Waals surface area contributed by atoms with E-state index in [2.05, 4.69) is 10.0 Å². The first kappa shape index (κ1) is 29.9. The lowest BCUT2D eigenvalue weighted by atomic mass is 9.61. The van der Waals surface area contributed by atoms with Crippen LogP contribution in [0.2, 0.25) is 5.02 Å². The molecule has 2 N–H and O–H groups in total. The largest absolute Gasteiger partial charge is 0.459 e. The number of fused-ring (bicyclic) bond motifs is 3. The van der Waals surface area contributed by atoms with Crippen molar-refractivity contribution in [2.24, 2.45) is 17.3 Å². The Kier molecular flexibility index (Phi) is 8.00. The number of halogens is 1. The van der Waals surface area contributed by atoms with Crippen LogP contribution >= 0.6 is 11.6 Å². The third-order valence-corrected chi connectivity index (χ3v) is 10.2. The molecule has 2 saturated heterocycles. The monoisotopic (exact) mass is 603 g/mol. The molecule has 0 aromatic heterocycles. The van der Waals surface area contributed by atoms with E-state index in [1.165, 1.54) is 17.0 Å². The molecule has 11 heteroatoms. The van der Waals surface area contributed by atoms with Crippen molar-refractivity contribution in [2.45, 2.75) is 76.0 Å². The van der Waals surface area contributed by atoms with Crippen LogP contribution in [0.1, 0.15) is 53.4 Å². The van der Waals surface area contributed by atoms with Gasteiger partial charge in [0.15, 0.2) is 5.78 Å². The van der Waals surface area contributed by atoms with Crippen LogP contribution in [-0.4, -0.2) is 68.3 Å². The van der Waals surface area contributed by atoms with Gasteiger partial charge in [0, 0.05) is 11.6 Å². The van der Waals surface area contributed by atoms with Gasteiger partial charge in [-0.25, -0.2) is 8.42 Å². The minimum absolute atomic E-state index is 0.0360. The lowest BCUT2D eigenvalue weighted by Crippen LogP contribution is -2.58. The number of hydrogen-bond donors (Lipinski definition) is 2. The topological polar surface area (TPSA) is 122 Å². The molecule has 2 aromatic rings. The maximum Gasteiger partial charge on any atom is 0.320 e. The maximum atomic E-state index is 14.2. The number of esters is 1. The van der Waals surface area contributed by atoms with Gasteiger partial charge in [0.1, 0.15) is 17.1 Å². The predicted molar refractivity (Wildman–Crippen MR) is 156 cm³/mol. The van der Waals surface area contributed by atoms with Crippen molar-refractivity contribution in [1.29, 1.82) is 0 Å². The second kappa shape index (κ2) is 10.9. The first-order valence-corrected chi connectivity index (χ1v) is 16.1. The summed E-state index contributed by atoms with van der Waals surface area (Å²) in [5.74, 6) is -0.997. The molecular formula is C30H38ClN3O6S. The minimum Gasteiger partial charge on any atom is -0.459 e. The number of benzene rings is 2. The van der Waals surface area contributed by atoms with Gasteiger partial charge < -0.3 is 15.0 Å². The number of likely N-dealkylation sites (tertiary alicyclic amines) is 1. The van der Waals surface area contributed by atoms with Gasteiger partial charge in [-0.15, -0.1) is 0 Å². The molecule has 5 rings (SSSR count). The van der Waals surface area contributed by atoms with E-state index in [0.717, 1.165) is 24.9 Å². The standard InChI is InChI=1S/C30H38ClN3O6S/c1-18(26(35)30(28(37)40-29(2,3)4)14-19-11-20(15-30)17-32-16-19)34-10-9-25(27(34)36)33-41(38,39)24-8-6-21-12-23(31)7-5-22(21)13-24/h5-8,12-13,18-20,25,32-33H,9-11,14-17H2,1-4H3/t18-,19-,20+,25-,30?/m0/s1. The van der Waals surface area contributed by atoms with E-state index in [1.807, 2.05) is 0 Å². The lowest BCUT2D eigenvalue weighted by molar-refractivity contribution is -0.177. The highest BCUT2D eigenvalue weighted by molar-refractivity contribution is 7.89. The Morgan fingerprint density at radius 3 is 2.39 bits per heavy atom. The van der Waals surface area contributed by atoms with E-state index >= 15 is 0 Å². The maximum absolute atomic E-state index is 14.2. The van der Waals surface area contributed by atoms with E-state index in [1.54, 1.807) is 52.0 Å². The molecule has 3 aliphatic rings. The van der Waals surface area contributed by atoms with Crippen LogP contribution in [0.25, 0.3) is 10.8 Å². The fourth-order valence-electron chi connectivity index (χ4n) is 6.71. The molecular weight excluding hydrogens is 566 g/mol. The van der Waals surface area contributed by atoms with Crippen LogP contribution in [0.5, 0.6) is 0 Å². The molecule has 9 nitrogen and oxygen atoms in total. The van der Waals surface area contributed by atoms with E-state index in [0.29, 0.717) is 23.3 Å². The summed E-state index contributed by atoms with van der Waals surface area (Å²) in [5.41, 5.74) is -2.10. The third kappa shape index (κ3) is 6.02. The van der Waals surface area contributed by atoms with Gasteiger partial charge in [-0.2, -0.15) is 4.72 Å². The molecule has 2 aliphatic heterocycles. The first-order chi connectivity index (χ1) is 19.2. The molecule has 5 atom stereocenters. The third-order valence-electron chi connectivity index (χ3n) is 8.54. The summed E-state index contributed by atoms with van der Waals surface area (Å²) >= 11 is 6.04. The van der Waals surface area contributed by atoms with Gasteiger partial charge in [-0.1, -0.05) is 23.7 Å². The van der Waals surface area contributed by atoms with Crippen molar-refractivity contribution < 1.29 is 27.5 Å². The number of carbonyl (C=O) groups is 3. The molecule has 2 bridgehead atoms.